The topological polar surface area (TPSA) is 59.0 Å². The minimum Gasteiger partial charge on any atom is -0.504 e. The number of methoxy groups -OCH3 is 2. The summed E-state index contributed by atoms with van der Waals surface area (Å²) in [6, 6.07) is 2.31. The van der Waals surface area contributed by atoms with Crippen LogP contribution in [-0.2, 0) is 21.4 Å². The summed E-state index contributed by atoms with van der Waals surface area (Å²) in [5, 5.41) is 11.0. The summed E-state index contributed by atoms with van der Waals surface area (Å²) in [6.07, 6.45) is 5.98. The smallest absolute Gasteiger partial charge is 0.197 e. The molecule has 1 unspecified atom stereocenters. The Morgan fingerprint density at radius 1 is 1.24 bits per heavy atom. The largest absolute Gasteiger partial charge is 0.504 e. The number of carbonyl (C=O) groups is 1. The van der Waals surface area contributed by atoms with E-state index in [9.17, 15) is 9.90 Å². The first-order valence-electron chi connectivity index (χ1n) is 8.94. The van der Waals surface area contributed by atoms with Gasteiger partial charge in [0.2, 0.25) is 0 Å². The third-order valence-corrected chi connectivity index (χ3v) is 6.27. The maximum Gasteiger partial charge on any atom is 0.197 e. The number of carbonyl (C=O) groups excluding carboxylic acids is 1. The summed E-state index contributed by atoms with van der Waals surface area (Å²) >= 11 is 0. The zero-order valence-corrected chi connectivity index (χ0v) is 15.1. The van der Waals surface area contributed by atoms with E-state index in [0.717, 1.165) is 31.4 Å². The minimum absolute atomic E-state index is 0.0450. The third kappa shape index (κ3) is 2.29. The number of fused-ring (bicyclic) bond motifs is 1. The zero-order chi connectivity index (χ0) is 17.8. The highest BCUT2D eigenvalue weighted by Crippen LogP contribution is 2.56. The summed E-state index contributed by atoms with van der Waals surface area (Å²) < 4.78 is 10.8. The molecule has 2 aliphatic carbocycles. The predicted molar refractivity (Wildman–Crippen MR) is 94.0 cm³/mol. The van der Waals surface area contributed by atoms with Gasteiger partial charge in [-0.15, -0.1) is 0 Å². The van der Waals surface area contributed by atoms with Gasteiger partial charge in [-0.2, -0.15) is 0 Å². The average molecular weight is 343 g/mol. The molecule has 1 aromatic carbocycles. The Bertz CT molecular complexity index is 769. The van der Waals surface area contributed by atoms with Gasteiger partial charge in [-0.1, -0.05) is 0 Å². The van der Waals surface area contributed by atoms with Crippen molar-refractivity contribution in [3.05, 3.63) is 34.6 Å². The minimum atomic E-state index is -0.351. The number of Topliss-reactive ketones (excluding diaryl/α,β-unsaturated/α-hetero) is 1. The van der Waals surface area contributed by atoms with Crippen LogP contribution in [0.25, 0.3) is 0 Å². The van der Waals surface area contributed by atoms with Crippen molar-refractivity contribution < 1.29 is 19.4 Å². The molecule has 4 rings (SSSR count). The molecule has 0 fully saturated rings. The lowest BCUT2D eigenvalue weighted by Crippen LogP contribution is -2.42. The van der Waals surface area contributed by atoms with Crippen molar-refractivity contribution in [3.63, 3.8) is 0 Å². The quantitative estimate of drug-likeness (QED) is 0.895. The summed E-state index contributed by atoms with van der Waals surface area (Å²) in [5.74, 6) is 1.22. The van der Waals surface area contributed by atoms with Crippen molar-refractivity contribution in [1.82, 2.24) is 4.90 Å². The average Bonchev–Trinajstić information content (AvgIpc) is 2.62. The van der Waals surface area contributed by atoms with Crippen LogP contribution in [0.3, 0.4) is 0 Å². The number of ketones is 1. The van der Waals surface area contributed by atoms with Gasteiger partial charge in [0.05, 0.1) is 14.2 Å². The van der Waals surface area contributed by atoms with Crippen LogP contribution >= 0.6 is 0 Å². The lowest BCUT2D eigenvalue weighted by Gasteiger charge is -2.47. The van der Waals surface area contributed by atoms with Crippen LogP contribution in [0.1, 0.15) is 48.4 Å². The fourth-order valence-corrected chi connectivity index (χ4v) is 4.95. The van der Waals surface area contributed by atoms with Crippen molar-refractivity contribution in [1.29, 1.82) is 0 Å². The Balaban J connectivity index is 1.99. The summed E-state index contributed by atoms with van der Waals surface area (Å²) in [4.78, 5) is 14.5. The molecule has 5 nitrogen and oxygen atoms in total. The van der Waals surface area contributed by atoms with Gasteiger partial charge in [-0.25, -0.2) is 0 Å². The molecular weight excluding hydrogens is 318 g/mol. The molecule has 5 heteroatoms. The van der Waals surface area contributed by atoms with Gasteiger partial charge in [0.25, 0.3) is 0 Å². The Morgan fingerprint density at radius 3 is 2.76 bits per heavy atom. The lowest BCUT2D eigenvalue weighted by molar-refractivity contribution is -0.119. The second-order valence-electron chi connectivity index (χ2n) is 7.45. The molecule has 1 N–H and O–H groups in total. The molecule has 3 aliphatic rings. The number of hydrogen-bond acceptors (Lipinski definition) is 5. The van der Waals surface area contributed by atoms with E-state index in [-0.39, 0.29) is 16.9 Å². The molecule has 25 heavy (non-hydrogen) atoms. The molecule has 0 amide bonds. The highest BCUT2D eigenvalue weighted by atomic mass is 16.5. The van der Waals surface area contributed by atoms with Gasteiger partial charge < -0.3 is 14.6 Å². The van der Waals surface area contributed by atoms with E-state index < -0.39 is 0 Å². The van der Waals surface area contributed by atoms with Gasteiger partial charge in [0, 0.05) is 30.0 Å². The van der Waals surface area contributed by atoms with E-state index in [1.54, 1.807) is 14.2 Å². The number of phenolic OH excluding ortho intramolecular Hbond substituents is 1. The molecule has 0 saturated carbocycles. The summed E-state index contributed by atoms with van der Waals surface area (Å²) in [7, 11) is 5.29. The lowest BCUT2D eigenvalue weighted by atomic mass is 9.61. The SMILES string of the molecule is COC1=C[C@@]2(CCC1=O)CCC1c3c(cc(OC)c(O)c32)CCN1C. The van der Waals surface area contributed by atoms with Crippen LogP contribution in [0.5, 0.6) is 11.5 Å². The van der Waals surface area contributed by atoms with Crippen LogP contribution in [0, 0.1) is 0 Å². The number of benzene rings is 1. The van der Waals surface area contributed by atoms with Gasteiger partial charge >= 0.3 is 0 Å². The second-order valence-corrected chi connectivity index (χ2v) is 7.45. The summed E-state index contributed by atoms with van der Waals surface area (Å²) in [6.45, 7) is 1.01. The monoisotopic (exact) mass is 343 g/mol. The van der Waals surface area contributed by atoms with Crippen molar-refractivity contribution >= 4 is 5.78 Å². The van der Waals surface area contributed by atoms with Crippen molar-refractivity contribution in [2.75, 3.05) is 27.8 Å². The molecule has 0 saturated heterocycles. The molecule has 134 valence electrons. The molecular formula is C20H25NO4. The molecule has 1 aliphatic heterocycles. The fourth-order valence-electron chi connectivity index (χ4n) is 4.95. The van der Waals surface area contributed by atoms with E-state index in [1.807, 2.05) is 12.1 Å². The highest BCUT2D eigenvalue weighted by molar-refractivity contribution is 5.95. The van der Waals surface area contributed by atoms with Crippen LogP contribution in [0.4, 0.5) is 0 Å². The third-order valence-electron chi connectivity index (χ3n) is 6.27. The van der Waals surface area contributed by atoms with Crippen LogP contribution in [0.2, 0.25) is 0 Å². The van der Waals surface area contributed by atoms with Crippen molar-refractivity contribution in [3.8, 4) is 11.5 Å². The normalized spacial score (nSPS) is 28.5. The molecule has 0 bridgehead atoms. The van der Waals surface area contributed by atoms with Crippen LogP contribution in [0.15, 0.2) is 17.9 Å². The Morgan fingerprint density at radius 2 is 2.04 bits per heavy atom. The van der Waals surface area contributed by atoms with Gasteiger partial charge in [-0.3, -0.25) is 9.69 Å². The molecule has 0 radical (unpaired) electrons. The number of hydrogen-bond donors (Lipinski definition) is 1. The van der Waals surface area contributed by atoms with E-state index in [4.69, 9.17) is 9.47 Å². The Kier molecular flexibility index (Phi) is 3.80. The number of rotatable bonds is 2. The summed E-state index contributed by atoms with van der Waals surface area (Å²) in [5.41, 5.74) is 3.10. The number of aromatic hydroxyl groups is 1. The molecule has 2 atom stereocenters. The van der Waals surface area contributed by atoms with Crippen LogP contribution < -0.4 is 4.74 Å². The molecule has 1 spiro atoms. The maximum atomic E-state index is 12.1. The number of nitrogens with zero attached hydrogens (tertiary/aromatic N) is 1. The zero-order valence-electron chi connectivity index (χ0n) is 15.1. The number of allylic oxidation sites excluding steroid dienone is 2. The Hall–Kier alpha value is -2.01. The Labute approximate surface area is 148 Å². The predicted octanol–water partition coefficient (Wildman–Crippen LogP) is 2.85. The van der Waals surface area contributed by atoms with Gasteiger partial charge in [-0.05, 0) is 56.0 Å². The maximum absolute atomic E-state index is 12.1. The van der Waals surface area contributed by atoms with E-state index in [2.05, 4.69) is 11.9 Å². The number of phenols is 1. The first-order chi connectivity index (χ1) is 12.0. The molecule has 0 aromatic heterocycles. The molecule has 1 aromatic rings. The van der Waals surface area contributed by atoms with Crippen molar-refractivity contribution in [2.24, 2.45) is 0 Å². The molecule has 1 heterocycles. The first kappa shape index (κ1) is 16.5. The van der Waals surface area contributed by atoms with Crippen LogP contribution in [-0.4, -0.2) is 43.6 Å². The second kappa shape index (κ2) is 5.77. The van der Waals surface area contributed by atoms with Crippen molar-refractivity contribution in [2.45, 2.75) is 43.6 Å². The number of ether oxygens (including phenoxy) is 2. The van der Waals surface area contributed by atoms with E-state index in [1.165, 1.54) is 11.1 Å². The van der Waals surface area contributed by atoms with Gasteiger partial charge in [0.15, 0.2) is 23.0 Å². The highest BCUT2D eigenvalue weighted by Gasteiger charge is 2.47. The first-order valence-corrected chi connectivity index (χ1v) is 8.94. The number of likely N-dealkylation sites (N-methyl/N-ethyl adjacent to an activating group) is 1. The van der Waals surface area contributed by atoms with E-state index >= 15 is 0 Å². The standard InChI is InChI=1S/C20H25NO4/c1-21-9-6-12-10-15(24-2)19(23)18-17(12)13(21)4-7-20(18)8-5-14(22)16(11-20)25-3/h10-11,13,23H,4-9H2,1-3H3/t13?,20-/m0/s1. The fraction of sp³-hybridized carbons (Fsp3) is 0.550. The van der Waals surface area contributed by atoms with E-state index in [0.29, 0.717) is 30.4 Å². The van der Waals surface area contributed by atoms with Gasteiger partial charge in [0.1, 0.15) is 0 Å².